The van der Waals surface area contributed by atoms with Crippen molar-refractivity contribution in [3.8, 4) is 0 Å². The number of hydrogen-bond acceptors (Lipinski definition) is 4. The lowest BCUT2D eigenvalue weighted by Gasteiger charge is -2.25. The standard InChI is InChI=1S/C24H28N2O4/c1-16(2)22(25-21(27)15-18-9-5-4-6-10-18)24(29)30-17(3)23(28)26-14-13-19-11-7-8-12-20(19)26/h4-12,16-17,22H,13-15H2,1-3H3,(H,25,27)/t17-,22-/m0/s1. The van der Waals surface area contributed by atoms with Crippen LogP contribution in [-0.4, -0.2) is 36.5 Å². The van der Waals surface area contributed by atoms with Crippen molar-refractivity contribution >= 4 is 23.5 Å². The molecule has 2 aromatic rings. The topological polar surface area (TPSA) is 75.7 Å². The lowest BCUT2D eigenvalue weighted by atomic mass is 10.0. The zero-order valence-electron chi connectivity index (χ0n) is 17.6. The highest BCUT2D eigenvalue weighted by molar-refractivity contribution is 5.99. The normalized spacial score (nSPS) is 14.7. The van der Waals surface area contributed by atoms with Crippen LogP contribution >= 0.6 is 0 Å². The van der Waals surface area contributed by atoms with E-state index in [1.165, 1.54) is 0 Å². The number of ether oxygens (including phenoxy) is 1. The Kier molecular flexibility index (Phi) is 6.87. The van der Waals surface area contributed by atoms with Crippen LogP contribution in [0.2, 0.25) is 0 Å². The molecule has 0 saturated carbocycles. The maximum absolute atomic E-state index is 12.9. The maximum atomic E-state index is 12.9. The summed E-state index contributed by atoms with van der Waals surface area (Å²) in [6, 6.07) is 16.2. The number of fused-ring (bicyclic) bond motifs is 1. The molecule has 0 aliphatic carbocycles. The Balaban J connectivity index is 1.60. The van der Waals surface area contributed by atoms with E-state index < -0.39 is 18.1 Å². The number of nitrogens with one attached hydrogen (secondary N) is 1. The molecule has 3 rings (SSSR count). The van der Waals surface area contributed by atoms with Crippen LogP contribution in [0.25, 0.3) is 0 Å². The molecule has 0 spiro atoms. The minimum atomic E-state index is -0.934. The summed E-state index contributed by atoms with van der Waals surface area (Å²) in [5.41, 5.74) is 2.83. The van der Waals surface area contributed by atoms with Gasteiger partial charge in [0, 0.05) is 12.2 Å². The third kappa shape index (κ3) is 5.06. The molecule has 2 aromatic carbocycles. The second-order valence-electron chi connectivity index (χ2n) is 7.90. The Labute approximate surface area is 177 Å². The average Bonchev–Trinajstić information content (AvgIpc) is 3.16. The Morgan fingerprint density at radius 3 is 2.37 bits per heavy atom. The third-order valence-electron chi connectivity index (χ3n) is 5.24. The van der Waals surface area contributed by atoms with Crippen molar-refractivity contribution in [3.05, 3.63) is 65.7 Å². The fourth-order valence-corrected chi connectivity index (χ4v) is 3.59. The summed E-state index contributed by atoms with van der Waals surface area (Å²) in [6.45, 7) is 5.81. The van der Waals surface area contributed by atoms with Crippen molar-refractivity contribution in [1.82, 2.24) is 5.32 Å². The van der Waals surface area contributed by atoms with Gasteiger partial charge in [0.2, 0.25) is 5.91 Å². The summed E-state index contributed by atoms with van der Waals surface area (Å²) >= 11 is 0. The maximum Gasteiger partial charge on any atom is 0.329 e. The van der Waals surface area contributed by atoms with Gasteiger partial charge in [-0.25, -0.2) is 4.79 Å². The molecule has 2 atom stereocenters. The third-order valence-corrected chi connectivity index (χ3v) is 5.24. The van der Waals surface area contributed by atoms with E-state index in [4.69, 9.17) is 4.74 Å². The van der Waals surface area contributed by atoms with Gasteiger partial charge in [-0.05, 0) is 36.5 Å². The summed E-state index contributed by atoms with van der Waals surface area (Å²) in [4.78, 5) is 39.7. The molecule has 1 aliphatic heterocycles. The fraction of sp³-hybridized carbons (Fsp3) is 0.375. The molecule has 1 aliphatic rings. The molecule has 1 heterocycles. The van der Waals surface area contributed by atoms with Crippen molar-refractivity contribution in [3.63, 3.8) is 0 Å². The van der Waals surface area contributed by atoms with Crippen LogP contribution in [0.15, 0.2) is 54.6 Å². The zero-order chi connectivity index (χ0) is 21.7. The molecule has 0 aromatic heterocycles. The number of anilines is 1. The Morgan fingerprint density at radius 2 is 1.67 bits per heavy atom. The smallest absolute Gasteiger partial charge is 0.329 e. The summed E-state index contributed by atoms with van der Waals surface area (Å²) in [7, 11) is 0. The number of amides is 2. The van der Waals surface area contributed by atoms with Gasteiger partial charge in [-0.15, -0.1) is 0 Å². The SMILES string of the molecule is CC(C)[C@H](NC(=O)Cc1ccccc1)C(=O)O[C@@H](C)C(=O)N1CCc2ccccc21. The Hall–Kier alpha value is -3.15. The van der Waals surface area contributed by atoms with Gasteiger partial charge in [0.05, 0.1) is 6.42 Å². The molecular formula is C24H28N2O4. The number of esters is 1. The largest absolute Gasteiger partial charge is 0.451 e. The van der Waals surface area contributed by atoms with Crippen LogP contribution in [0, 0.1) is 5.92 Å². The fourth-order valence-electron chi connectivity index (χ4n) is 3.59. The number of para-hydroxylation sites is 1. The summed E-state index contributed by atoms with van der Waals surface area (Å²) in [6.07, 6.45) is 0.0271. The molecule has 0 radical (unpaired) electrons. The highest BCUT2D eigenvalue weighted by Gasteiger charge is 2.33. The van der Waals surface area contributed by atoms with E-state index in [9.17, 15) is 14.4 Å². The van der Waals surface area contributed by atoms with Crippen molar-refractivity contribution in [2.75, 3.05) is 11.4 Å². The van der Waals surface area contributed by atoms with E-state index in [2.05, 4.69) is 5.32 Å². The van der Waals surface area contributed by atoms with Crippen molar-refractivity contribution in [2.24, 2.45) is 5.92 Å². The van der Waals surface area contributed by atoms with Crippen LogP contribution in [0.4, 0.5) is 5.69 Å². The number of rotatable bonds is 7. The molecule has 1 N–H and O–H groups in total. The molecule has 158 valence electrons. The number of benzene rings is 2. The van der Waals surface area contributed by atoms with Crippen LogP contribution in [0.5, 0.6) is 0 Å². The Bertz CT molecular complexity index is 910. The number of carbonyl (C=O) groups is 3. The summed E-state index contributed by atoms with van der Waals surface area (Å²) in [5, 5.41) is 2.76. The molecule has 6 nitrogen and oxygen atoms in total. The summed E-state index contributed by atoms with van der Waals surface area (Å²) in [5.74, 6) is -1.29. The number of hydrogen-bond donors (Lipinski definition) is 1. The van der Waals surface area contributed by atoms with Crippen molar-refractivity contribution < 1.29 is 19.1 Å². The number of nitrogens with zero attached hydrogens (tertiary/aromatic N) is 1. The number of carbonyl (C=O) groups excluding carboxylic acids is 3. The van der Waals surface area contributed by atoms with E-state index in [0.29, 0.717) is 6.54 Å². The highest BCUT2D eigenvalue weighted by Crippen LogP contribution is 2.28. The van der Waals surface area contributed by atoms with Crippen LogP contribution in [0.1, 0.15) is 31.9 Å². The van der Waals surface area contributed by atoms with E-state index in [1.807, 2.05) is 68.4 Å². The summed E-state index contributed by atoms with van der Waals surface area (Å²) < 4.78 is 5.47. The second-order valence-corrected chi connectivity index (χ2v) is 7.90. The molecule has 0 fully saturated rings. The molecule has 0 bridgehead atoms. The molecule has 0 saturated heterocycles. The zero-order valence-corrected chi connectivity index (χ0v) is 17.6. The predicted octanol–water partition coefficient (Wildman–Crippen LogP) is 2.89. The van der Waals surface area contributed by atoms with Crippen LogP contribution in [-0.2, 0) is 32.0 Å². The van der Waals surface area contributed by atoms with Gasteiger partial charge in [0.15, 0.2) is 6.10 Å². The lowest BCUT2D eigenvalue weighted by molar-refractivity contribution is -0.157. The van der Waals surface area contributed by atoms with Gasteiger partial charge in [-0.2, -0.15) is 0 Å². The van der Waals surface area contributed by atoms with Crippen LogP contribution < -0.4 is 10.2 Å². The molecule has 6 heteroatoms. The van der Waals surface area contributed by atoms with Gasteiger partial charge < -0.3 is 15.0 Å². The molecule has 30 heavy (non-hydrogen) atoms. The van der Waals surface area contributed by atoms with Gasteiger partial charge in [0.1, 0.15) is 6.04 Å². The van der Waals surface area contributed by atoms with E-state index >= 15 is 0 Å². The van der Waals surface area contributed by atoms with Crippen molar-refractivity contribution in [1.29, 1.82) is 0 Å². The highest BCUT2D eigenvalue weighted by atomic mass is 16.5. The van der Waals surface area contributed by atoms with Gasteiger partial charge in [-0.1, -0.05) is 62.4 Å². The second kappa shape index (κ2) is 9.57. The van der Waals surface area contributed by atoms with E-state index in [0.717, 1.165) is 23.2 Å². The minimum Gasteiger partial charge on any atom is -0.451 e. The molecule has 0 unspecified atom stereocenters. The Morgan fingerprint density at radius 1 is 1.00 bits per heavy atom. The van der Waals surface area contributed by atoms with Crippen LogP contribution in [0.3, 0.4) is 0 Å². The monoisotopic (exact) mass is 408 g/mol. The van der Waals surface area contributed by atoms with Crippen molar-refractivity contribution in [2.45, 2.75) is 45.8 Å². The van der Waals surface area contributed by atoms with Gasteiger partial charge in [-0.3, -0.25) is 9.59 Å². The van der Waals surface area contributed by atoms with Gasteiger partial charge in [0.25, 0.3) is 5.91 Å². The first kappa shape index (κ1) is 21.6. The lowest BCUT2D eigenvalue weighted by Crippen LogP contribution is -2.48. The first-order valence-electron chi connectivity index (χ1n) is 10.3. The first-order chi connectivity index (χ1) is 14.4. The van der Waals surface area contributed by atoms with E-state index in [-0.39, 0.29) is 24.2 Å². The quantitative estimate of drug-likeness (QED) is 0.715. The minimum absolute atomic E-state index is 0.174. The first-order valence-corrected chi connectivity index (χ1v) is 10.3. The average molecular weight is 408 g/mol. The van der Waals surface area contributed by atoms with Gasteiger partial charge >= 0.3 is 5.97 Å². The molecule has 2 amide bonds. The molecular weight excluding hydrogens is 380 g/mol. The predicted molar refractivity (Wildman–Crippen MR) is 115 cm³/mol. The van der Waals surface area contributed by atoms with E-state index in [1.54, 1.807) is 11.8 Å².